The summed E-state index contributed by atoms with van der Waals surface area (Å²) in [5, 5.41) is 3.62. The summed E-state index contributed by atoms with van der Waals surface area (Å²) in [6, 6.07) is 8.75. The highest BCUT2D eigenvalue weighted by Gasteiger charge is 2.16. The molecule has 2 atom stereocenters. The molecule has 0 amide bonds. The molecule has 17 heavy (non-hydrogen) atoms. The smallest absolute Gasteiger partial charge is 0.118 e. The van der Waals surface area contributed by atoms with Crippen molar-refractivity contribution in [3.8, 4) is 5.75 Å². The summed E-state index contributed by atoms with van der Waals surface area (Å²) in [6.07, 6.45) is 1.37. The van der Waals surface area contributed by atoms with Crippen LogP contribution in [0, 0.1) is 5.92 Å². The number of benzene rings is 1. The Morgan fingerprint density at radius 1 is 1.41 bits per heavy atom. The second-order valence-corrected chi connectivity index (χ2v) is 5.78. The molecule has 1 aliphatic heterocycles. The molecule has 2 rings (SSSR count). The molecule has 1 unspecified atom stereocenters. The molecule has 3 heteroatoms. The molecule has 0 spiro atoms. The highest BCUT2D eigenvalue weighted by molar-refractivity contribution is 7.99. The lowest BCUT2D eigenvalue weighted by molar-refractivity contribution is 0.414. The van der Waals surface area contributed by atoms with Crippen molar-refractivity contribution in [2.24, 2.45) is 5.92 Å². The van der Waals surface area contributed by atoms with E-state index in [1.165, 1.54) is 23.5 Å². The van der Waals surface area contributed by atoms with E-state index in [1.54, 1.807) is 7.11 Å². The van der Waals surface area contributed by atoms with Gasteiger partial charge in [-0.2, -0.15) is 11.8 Å². The van der Waals surface area contributed by atoms with Gasteiger partial charge < -0.3 is 10.1 Å². The maximum absolute atomic E-state index is 5.17. The minimum atomic E-state index is 0.423. The summed E-state index contributed by atoms with van der Waals surface area (Å²) >= 11 is 2.08. The fourth-order valence-corrected chi connectivity index (χ4v) is 3.38. The molecule has 1 N–H and O–H groups in total. The SMILES string of the molecule is COc1ccc([C@@H](C)NCC2CCSC2)cc1. The lowest BCUT2D eigenvalue weighted by Crippen LogP contribution is -2.25. The number of nitrogens with one attached hydrogen (secondary N) is 1. The molecule has 1 fully saturated rings. The normalized spacial score (nSPS) is 21.4. The van der Waals surface area contributed by atoms with E-state index in [0.29, 0.717) is 6.04 Å². The Bertz CT molecular complexity index is 333. The number of rotatable bonds is 5. The first-order chi connectivity index (χ1) is 8.29. The Hall–Kier alpha value is -0.670. The van der Waals surface area contributed by atoms with Crippen LogP contribution >= 0.6 is 11.8 Å². The van der Waals surface area contributed by atoms with Gasteiger partial charge in [-0.1, -0.05) is 12.1 Å². The molecule has 0 aromatic heterocycles. The van der Waals surface area contributed by atoms with Gasteiger partial charge in [0.05, 0.1) is 7.11 Å². The van der Waals surface area contributed by atoms with Crippen molar-refractivity contribution in [2.75, 3.05) is 25.2 Å². The summed E-state index contributed by atoms with van der Waals surface area (Å²) < 4.78 is 5.17. The third-order valence-corrected chi connectivity index (χ3v) is 4.58. The Labute approximate surface area is 108 Å². The first-order valence-electron chi connectivity index (χ1n) is 6.24. The highest BCUT2D eigenvalue weighted by atomic mass is 32.2. The van der Waals surface area contributed by atoms with Crippen molar-refractivity contribution in [3.63, 3.8) is 0 Å². The number of thioether (sulfide) groups is 1. The topological polar surface area (TPSA) is 21.3 Å². The molecule has 1 aromatic carbocycles. The van der Waals surface area contributed by atoms with Crippen molar-refractivity contribution >= 4 is 11.8 Å². The fraction of sp³-hybridized carbons (Fsp3) is 0.571. The average molecular weight is 251 g/mol. The summed E-state index contributed by atoms with van der Waals surface area (Å²) in [7, 11) is 1.70. The third-order valence-electron chi connectivity index (χ3n) is 3.35. The van der Waals surface area contributed by atoms with Crippen LogP contribution in [0.5, 0.6) is 5.75 Å². The van der Waals surface area contributed by atoms with Gasteiger partial charge in [0.15, 0.2) is 0 Å². The van der Waals surface area contributed by atoms with Crippen LogP contribution in [0.2, 0.25) is 0 Å². The third kappa shape index (κ3) is 3.65. The maximum atomic E-state index is 5.17. The summed E-state index contributed by atoms with van der Waals surface area (Å²) in [5.74, 6) is 4.44. The minimum Gasteiger partial charge on any atom is -0.497 e. The van der Waals surface area contributed by atoms with E-state index in [4.69, 9.17) is 4.74 Å². The Morgan fingerprint density at radius 3 is 2.76 bits per heavy atom. The molecular formula is C14H21NOS. The Morgan fingerprint density at radius 2 is 2.18 bits per heavy atom. The van der Waals surface area contributed by atoms with Gasteiger partial charge in [-0.05, 0) is 55.0 Å². The van der Waals surface area contributed by atoms with Crippen molar-refractivity contribution in [2.45, 2.75) is 19.4 Å². The summed E-state index contributed by atoms with van der Waals surface area (Å²) in [5.41, 5.74) is 1.33. The zero-order valence-corrected chi connectivity index (χ0v) is 11.4. The molecular weight excluding hydrogens is 230 g/mol. The van der Waals surface area contributed by atoms with Crippen molar-refractivity contribution in [1.82, 2.24) is 5.32 Å². The molecule has 0 bridgehead atoms. The zero-order chi connectivity index (χ0) is 12.1. The fourth-order valence-electron chi connectivity index (χ4n) is 2.10. The largest absolute Gasteiger partial charge is 0.497 e. The van der Waals surface area contributed by atoms with Gasteiger partial charge in [-0.15, -0.1) is 0 Å². The van der Waals surface area contributed by atoms with E-state index in [2.05, 4.69) is 36.1 Å². The first-order valence-corrected chi connectivity index (χ1v) is 7.40. The van der Waals surface area contributed by atoms with Crippen LogP contribution in [0.3, 0.4) is 0 Å². The van der Waals surface area contributed by atoms with Crippen molar-refractivity contribution in [3.05, 3.63) is 29.8 Å². The number of ether oxygens (including phenoxy) is 1. The van der Waals surface area contributed by atoms with Crippen LogP contribution in [0.4, 0.5) is 0 Å². The molecule has 0 radical (unpaired) electrons. The molecule has 1 saturated heterocycles. The minimum absolute atomic E-state index is 0.423. The van der Waals surface area contributed by atoms with Gasteiger partial charge in [0.2, 0.25) is 0 Å². The lowest BCUT2D eigenvalue weighted by atomic mass is 10.1. The van der Waals surface area contributed by atoms with E-state index >= 15 is 0 Å². The number of methoxy groups -OCH3 is 1. The van der Waals surface area contributed by atoms with Crippen molar-refractivity contribution in [1.29, 1.82) is 0 Å². The van der Waals surface area contributed by atoms with Gasteiger partial charge in [-0.25, -0.2) is 0 Å². The second kappa shape index (κ2) is 6.31. The lowest BCUT2D eigenvalue weighted by Gasteiger charge is -2.17. The number of hydrogen-bond acceptors (Lipinski definition) is 3. The zero-order valence-electron chi connectivity index (χ0n) is 10.6. The predicted molar refractivity (Wildman–Crippen MR) is 74.8 cm³/mol. The van der Waals surface area contributed by atoms with Crippen LogP contribution in [-0.4, -0.2) is 25.2 Å². The van der Waals surface area contributed by atoms with Crippen LogP contribution < -0.4 is 10.1 Å². The Kier molecular flexibility index (Phi) is 4.75. The average Bonchev–Trinajstić information content (AvgIpc) is 2.89. The molecule has 1 aliphatic rings. The molecule has 2 nitrogen and oxygen atoms in total. The maximum Gasteiger partial charge on any atom is 0.118 e. The molecule has 0 saturated carbocycles. The standard InChI is InChI=1S/C14H21NOS/c1-11(15-9-12-7-8-17-10-12)13-3-5-14(16-2)6-4-13/h3-6,11-12,15H,7-10H2,1-2H3/t11-,12?/m1/s1. The van der Waals surface area contributed by atoms with E-state index in [1.807, 2.05) is 12.1 Å². The monoisotopic (exact) mass is 251 g/mol. The predicted octanol–water partition coefficient (Wildman–Crippen LogP) is 3.10. The number of hydrogen-bond donors (Lipinski definition) is 1. The summed E-state index contributed by atoms with van der Waals surface area (Å²) in [6.45, 7) is 3.37. The van der Waals surface area contributed by atoms with E-state index < -0.39 is 0 Å². The molecule has 0 aliphatic carbocycles. The van der Waals surface area contributed by atoms with Crippen LogP contribution in [-0.2, 0) is 0 Å². The van der Waals surface area contributed by atoms with Gasteiger partial charge in [0.25, 0.3) is 0 Å². The second-order valence-electron chi connectivity index (χ2n) is 4.63. The molecule has 1 aromatic rings. The molecule has 1 heterocycles. The van der Waals surface area contributed by atoms with Crippen LogP contribution in [0.15, 0.2) is 24.3 Å². The summed E-state index contributed by atoms with van der Waals surface area (Å²) in [4.78, 5) is 0. The van der Waals surface area contributed by atoms with Gasteiger partial charge in [0, 0.05) is 6.04 Å². The van der Waals surface area contributed by atoms with Crippen LogP contribution in [0.1, 0.15) is 24.9 Å². The van der Waals surface area contributed by atoms with Gasteiger partial charge in [0.1, 0.15) is 5.75 Å². The van der Waals surface area contributed by atoms with E-state index in [9.17, 15) is 0 Å². The quantitative estimate of drug-likeness (QED) is 0.869. The van der Waals surface area contributed by atoms with E-state index in [0.717, 1.165) is 18.2 Å². The Balaban J connectivity index is 1.83. The first kappa shape index (κ1) is 12.8. The van der Waals surface area contributed by atoms with Gasteiger partial charge >= 0.3 is 0 Å². The highest BCUT2D eigenvalue weighted by Crippen LogP contribution is 2.24. The van der Waals surface area contributed by atoms with Gasteiger partial charge in [-0.3, -0.25) is 0 Å². The molecule has 94 valence electrons. The van der Waals surface area contributed by atoms with E-state index in [-0.39, 0.29) is 0 Å². The van der Waals surface area contributed by atoms with Crippen molar-refractivity contribution < 1.29 is 4.74 Å². The van der Waals surface area contributed by atoms with Crippen LogP contribution in [0.25, 0.3) is 0 Å².